The summed E-state index contributed by atoms with van der Waals surface area (Å²) >= 11 is 6.13. The van der Waals surface area contributed by atoms with E-state index >= 15 is 0 Å². The summed E-state index contributed by atoms with van der Waals surface area (Å²) in [6, 6.07) is 6.03. The molecule has 0 spiro atoms. The number of hydrogen-bond donors (Lipinski definition) is 1. The summed E-state index contributed by atoms with van der Waals surface area (Å²) in [5, 5.41) is 4.00. The molecule has 0 fully saturated rings. The van der Waals surface area contributed by atoms with Gasteiger partial charge in [-0.15, -0.1) is 0 Å². The van der Waals surface area contributed by atoms with Crippen molar-refractivity contribution in [3.05, 3.63) is 34.3 Å². The van der Waals surface area contributed by atoms with Crippen LogP contribution in [0.25, 0.3) is 0 Å². The lowest BCUT2D eigenvalue weighted by atomic mass is 9.97. The Bertz CT molecular complexity index is 327. The maximum absolute atomic E-state index is 6.13. The third kappa shape index (κ3) is 1.78. The molecular formula is C11H14ClNO. The van der Waals surface area contributed by atoms with Crippen molar-refractivity contribution in [2.75, 3.05) is 20.2 Å². The lowest BCUT2D eigenvalue weighted by Gasteiger charge is -2.26. The quantitative estimate of drug-likeness (QED) is 0.810. The zero-order chi connectivity index (χ0) is 9.97. The van der Waals surface area contributed by atoms with Crippen LogP contribution in [0, 0.1) is 0 Å². The summed E-state index contributed by atoms with van der Waals surface area (Å²) in [5.41, 5.74) is 2.48. The molecule has 0 unspecified atom stereocenters. The molecule has 1 aliphatic heterocycles. The zero-order valence-electron chi connectivity index (χ0n) is 8.22. The number of ether oxygens (including phenoxy) is 1. The predicted octanol–water partition coefficient (Wildman–Crippen LogP) is 2.17. The lowest BCUT2D eigenvalue weighted by molar-refractivity contribution is 0.0439. The number of benzene rings is 1. The highest BCUT2D eigenvalue weighted by atomic mass is 35.5. The van der Waals surface area contributed by atoms with Crippen molar-refractivity contribution in [1.82, 2.24) is 5.32 Å². The second-order valence-electron chi connectivity index (χ2n) is 3.47. The Morgan fingerprint density at radius 3 is 3.21 bits per heavy atom. The van der Waals surface area contributed by atoms with Crippen LogP contribution in [0.4, 0.5) is 0 Å². The standard InChI is InChI=1S/C11H14ClNO/c1-13-7-11-9-3-2-4-10(12)8(9)5-6-14-11/h2-4,11,13H,5-7H2,1H3/t11-/m0/s1. The fourth-order valence-corrected chi connectivity index (χ4v) is 2.16. The molecule has 1 heterocycles. The van der Waals surface area contributed by atoms with Crippen LogP contribution in [0.1, 0.15) is 17.2 Å². The van der Waals surface area contributed by atoms with Crippen LogP contribution in [-0.2, 0) is 11.2 Å². The molecule has 2 rings (SSSR count). The Morgan fingerprint density at radius 1 is 1.57 bits per heavy atom. The van der Waals surface area contributed by atoms with E-state index < -0.39 is 0 Å². The van der Waals surface area contributed by atoms with Gasteiger partial charge in [-0.1, -0.05) is 23.7 Å². The first-order valence-corrected chi connectivity index (χ1v) is 5.24. The van der Waals surface area contributed by atoms with Crippen molar-refractivity contribution < 1.29 is 4.74 Å². The number of halogens is 1. The Kier molecular flexibility index (Phi) is 3.06. The summed E-state index contributed by atoms with van der Waals surface area (Å²) in [6.45, 7) is 1.61. The molecular weight excluding hydrogens is 198 g/mol. The van der Waals surface area contributed by atoms with E-state index in [0.29, 0.717) is 0 Å². The number of nitrogens with one attached hydrogen (secondary N) is 1. The number of likely N-dealkylation sites (N-methyl/N-ethyl adjacent to an activating group) is 1. The van der Waals surface area contributed by atoms with Gasteiger partial charge < -0.3 is 10.1 Å². The van der Waals surface area contributed by atoms with Crippen LogP contribution in [0.5, 0.6) is 0 Å². The third-order valence-electron chi connectivity index (χ3n) is 2.56. The normalized spacial score (nSPS) is 20.6. The van der Waals surface area contributed by atoms with Crippen molar-refractivity contribution in [1.29, 1.82) is 0 Å². The average Bonchev–Trinajstić information content (AvgIpc) is 2.20. The van der Waals surface area contributed by atoms with Gasteiger partial charge in [0.2, 0.25) is 0 Å². The molecule has 0 aromatic heterocycles. The minimum Gasteiger partial charge on any atom is -0.372 e. The van der Waals surface area contributed by atoms with Gasteiger partial charge in [0.15, 0.2) is 0 Å². The molecule has 0 radical (unpaired) electrons. The van der Waals surface area contributed by atoms with Crippen molar-refractivity contribution >= 4 is 11.6 Å². The lowest BCUT2D eigenvalue weighted by Crippen LogP contribution is -2.25. The molecule has 0 amide bonds. The maximum Gasteiger partial charge on any atom is 0.0952 e. The molecule has 14 heavy (non-hydrogen) atoms. The average molecular weight is 212 g/mol. The maximum atomic E-state index is 6.13. The summed E-state index contributed by atoms with van der Waals surface area (Å²) < 4.78 is 5.68. The fraction of sp³-hybridized carbons (Fsp3) is 0.455. The highest BCUT2D eigenvalue weighted by Gasteiger charge is 2.21. The molecule has 0 bridgehead atoms. The Labute approximate surface area is 89.2 Å². The molecule has 2 nitrogen and oxygen atoms in total. The van der Waals surface area contributed by atoms with E-state index in [2.05, 4.69) is 11.4 Å². The second-order valence-corrected chi connectivity index (χ2v) is 3.88. The van der Waals surface area contributed by atoms with Gasteiger partial charge in [0, 0.05) is 11.6 Å². The van der Waals surface area contributed by atoms with Gasteiger partial charge in [0.05, 0.1) is 12.7 Å². The first kappa shape index (κ1) is 9.97. The van der Waals surface area contributed by atoms with Gasteiger partial charge in [-0.25, -0.2) is 0 Å². The van der Waals surface area contributed by atoms with Gasteiger partial charge in [-0.3, -0.25) is 0 Å². The molecule has 0 saturated heterocycles. The van der Waals surface area contributed by atoms with E-state index in [9.17, 15) is 0 Å². The first-order valence-electron chi connectivity index (χ1n) is 4.86. The van der Waals surface area contributed by atoms with Gasteiger partial charge in [0.25, 0.3) is 0 Å². The Morgan fingerprint density at radius 2 is 2.43 bits per heavy atom. The van der Waals surface area contributed by atoms with E-state index in [-0.39, 0.29) is 6.10 Å². The van der Waals surface area contributed by atoms with Crippen LogP contribution in [-0.4, -0.2) is 20.2 Å². The molecule has 3 heteroatoms. The van der Waals surface area contributed by atoms with Crippen molar-refractivity contribution in [2.45, 2.75) is 12.5 Å². The van der Waals surface area contributed by atoms with E-state index in [1.165, 1.54) is 11.1 Å². The molecule has 76 valence electrons. The van der Waals surface area contributed by atoms with Gasteiger partial charge >= 0.3 is 0 Å². The molecule has 1 atom stereocenters. The van der Waals surface area contributed by atoms with E-state index in [0.717, 1.165) is 24.6 Å². The Hall–Kier alpha value is -0.570. The first-order chi connectivity index (χ1) is 6.83. The molecule has 1 aliphatic rings. The summed E-state index contributed by atoms with van der Waals surface area (Å²) in [4.78, 5) is 0. The minimum absolute atomic E-state index is 0.155. The van der Waals surface area contributed by atoms with Crippen molar-refractivity contribution in [3.63, 3.8) is 0 Å². The van der Waals surface area contributed by atoms with Gasteiger partial charge in [-0.05, 0) is 30.7 Å². The van der Waals surface area contributed by atoms with Crippen LogP contribution in [0.2, 0.25) is 5.02 Å². The summed E-state index contributed by atoms with van der Waals surface area (Å²) in [5.74, 6) is 0. The zero-order valence-corrected chi connectivity index (χ0v) is 8.97. The molecule has 1 aromatic carbocycles. The van der Waals surface area contributed by atoms with Gasteiger partial charge in [0.1, 0.15) is 0 Å². The fourth-order valence-electron chi connectivity index (χ4n) is 1.89. The predicted molar refractivity (Wildman–Crippen MR) is 57.8 cm³/mol. The van der Waals surface area contributed by atoms with Crippen LogP contribution < -0.4 is 5.32 Å². The van der Waals surface area contributed by atoms with E-state index in [1.54, 1.807) is 0 Å². The summed E-state index contributed by atoms with van der Waals surface area (Å²) in [7, 11) is 1.93. The van der Waals surface area contributed by atoms with Crippen LogP contribution in [0.3, 0.4) is 0 Å². The highest BCUT2D eigenvalue weighted by Crippen LogP contribution is 2.31. The SMILES string of the molecule is CNC[C@@H]1OCCc2c(Cl)cccc21. The monoisotopic (exact) mass is 211 g/mol. The van der Waals surface area contributed by atoms with E-state index in [4.69, 9.17) is 16.3 Å². The van der Waals surface area contributed by atoms with E-state index in [1.807, 2.05) is 19.2 Å². The molecule has 0 saturated carbocycles. The number of rotatable bonds is 2. The van der Waals surface area contributed by atoms with Gasteiger partial charge in [-0.2, -0.15) is 0 Å². The summed E-state index contributed by atoms with van der Waals surface area (Å²) in [6.07, 6.45) is 1.08. The molecule has 0 aliphatic carbocycles. The Balaban J connectivity index is 2.34. The molecule has 1 aromatic rings. The topological polar surface area (TPSA) is 21.3 Å². The highest BCUT2D eigenvalue weighted by molar-refractivity contribution is 6.31. The van der Waals surface area contributed by atoms with Crippen molar-refractivity contribution in [3.8, 4) is 0 Å². The van der Waals surface area contributed by atoms with Crippen LogP contribution >= 0.6 is 11.6 Å². The third-order valence-corrected chi connectivity index (χ3v) is 2.92. The smallest absolute Gasteiger partial charge is 0.0952 e. The largest absolute Gasteiger partial charge is 0.372 e. The molecule has 1 N–H and O–H groups in total. The van der Waals surface area contributed by atoms with Crippen molar-refractivity contribution in [2.24, 2.45) is 0 Å². The number of fused-ring (bicyclic) bond motifs is 1. The van der Waals surface area contributed by atoms with Crippen LogP contribution in [0.15, 0.2) is 18.2 Å². The minimum atomic E-state index is 0.155. The number of hydrogen-bond acceptors (Lipinski definition) is 2. The second kappa shape index (κ2) is 4.30.